The third kappa shape index (κ3) is 132. The van der Waals surface area contributed by atoms with E-state index in [9.17, 15) is 0 Å². The molecule has 0 atom stereocenters. The van der Waals surface area contributed by atoms with Crippen molar-refractivity contribution in [2.75, 3.05) is 0 Å². The van der Waals surface area contributed by atoms with Gasteiger partial charge in [-0.1, -0.05) is 38.9 Å². The molecule has 0 fully saturated rings. The fourth-order valence-corrected chi connectivity index (χ4v) is 0. The number of unbranched alkanes of at least 4 members (excludes halogenated alkanes) is 1. The van der Waals surface area contributed by atoms with E-state index in [-0.39, 0.29) is 20.8 Å². The summed E-state index contributed by atoms with van der Waals surface area (Å²) in [5, 5.41) is 0. The van der Waals surface area contributed by atoms with Crippen LogP contribution in [0.4, 0.5) is 0 Å². The molecule has 0 aromatic heterocycles. The van der Waals surface area contributed by atoms with Crippen molar-refractivity contribution >= 4 is 29.2 Å². The van der Waals surface area contributed by atoms with Crippen LogP contribution >= 0.6 is 24.8 Å². The monoisotopic (exact) mass is 209 g/mol. The second-order valence-electron chi connectivity index (χ2n) is 1.34. The molecule has 0 amide bonds. The van der Waals surface area contributed by atoms with Gasteiger partial charge in [0.1, 0.15) is 4.32 Å². The first-order chi connectivity index (χ1) is 3.65. The molecule has 0 aliphatic carbocycles. The summed E-state index contributed by atoms with van der Waals surface area (Å²) < 4.78 is 0.194. The van der Waals surface area contributed by atoms with Crippen LogP contribution in [0, 0.1) is 0 Å². The summed E-state index contributed by atoms with van der Waals surface area (Å²) in [6, 6.07) is 0. The van der Waals surface area contributed by atoms with Crippen LogP contribution in [0.15, 0.2) is 0 Å². The average molecular weight is 210 g/mol. The normalized spacial score (nSPS) is 6.11. The first kappa shape index (κ1) is 16.4. The second-order valence-corrected chi connectivity index (χ2v) is 2.56. The van der Waals surface area contributed by atoms with Gasteiger partial charge in [0.25, 0.3) is 0 Å². The van der Waals surface area contributed by atoms with Crippen molar-refractivity contribution in [2.45, 2.75) is 26.7 Å². The fraction of sp³-hybridized carbons (Fsp3) is 0.800. The van der Waals surface area contributed by atoms with Gasteiger partial charge in [0.05, 0.1) is 0 Å². The van der Waals surface area contributed by atoms with Crippen LogP contribution in [0.5, 0.6) is 0 Å². The maximum atomic E-state index is 4.71. The smallest absolute Gasteiger partial charge is 0.128 e. The molecular formula is C5H13NNiS2. The summed E-state index contributed by atoms with van der Waals surface area (Å²) in [7, 11) is 0. The van der Waals surface area contributed by atoms with Gasteiger partial charge in [-0.2, -0.15) is 0 Å². The zero-order valence-corrected chi connectivity index (χ0v) is 8.36. The van der Waals surface area contributed by atoms with Crippen LogP contribution in [-0.4, -0.2) is 4.32 Å². The Morgan fingerprint density at radius 2 is 1.56 bits per heavy atom. The minimum atomic E-state index is 0. The Bertz CT molecular complexity index is 52.9. The molecule has 0 aliphatic rings. The van der Waals surface area contributed by atoms with E-state index in [0.717, 1.165) is 0 Å². The molecule has 9 heavy (non-hydrogen) atoms. The van der Waals surface area contributed by atoms with Crippen molar-refractivity contribution in [3.05, 3.63) is 0 Å². The molecule has 0 rings (SSSR count). The van der Waals surface area contributed by atoms with Crippen molar-refractivity contribution in [1.82, 2.24) is 0 Å². The summed E-state index contributed by atoms with van der Waals surface area (Å²) >= 11 is 7.65. The van der Waals surface area contributed by atoms with Crippen molar-refractivity contribution in [2.24, 2.45) is 5.73 Å². The zero-order valence-electron chi connectivity index (χ0n) is 5.66. The molecule has 0 unspecified atom stereocenters. The van der Waals surface area contributed by atoms with Crippen LogP contribution in [0.2, 0.25) is 0 Å². The minimum Gasteiger partial charge on any atom is -0.385 e. The second kappa shape index (κ2) is 15.9. The van der Waals surface area contributed by atoms with E-state index in [1.807, 2.05) is 0 Å². The molecule has 60 valence electrons. The maximum absolute atomic E-state index is 4.71. The van der Waals surface area contributed by atoms with E-state index in [0.29, 0.717) is 0 Å². The maximum Gasteiger partial charge on any atom is 0.128 e. The van der Waals surface area contributed by atoms with Gasteiger partial charge in [-0.3, -0.25) is 0 Å². The van der Waals surface area contributed by atoms with Crippen LogP contribution in [0.3, 0.4) is 0 Å². The SMILES string of the molecule is CCCC.NC(=S)S.[Ni]. The van der Waals surface area contributed by atoms with Gasteiger partial charge in [-0.25, -0.2) is 0 Å². The molecule has 0 aromatic carbocycles. The molecule has 0 spiro atoms. The Morgan fingerprint density at radius 3 is 1.56 bits per heavy atom. The summed E-state index contributed by atoms with van der Waals surface area (Å²) in [5.41, 5.74) is 4.71. The van der Waals surface area contributed by atoms with Gasteiger partial charge >= 0.3 is 0 Å². The standard InChI is InChI=1S/C4H10.CH3NS2.Ni/c1-3-4-2;2-1(3)4;/h3-4H2,1-2H3;(H3,2,3,4);. The molecule has 2 N–H and O–H groups in total. The summed E-state index contributed by atoms with van der Waals surface area (Å²) in [6.45, 7) is 4.36. The Kier molecular flexibility index (Phi) is 28.9. The van der Waals surface area contributed by atoms with Crippen LogP contribution < -0.4 is 5.73 Å². The van der Waals surface area contributed by atoms with Crippen molar-refractivity contribution < 1.29 is 16.5 Å². The van der Waals surface area contributed by atoms with Gasteiger partial charge in [0.15, 0.2) is 0 Å². The van der Waals surface area contributed by atoms with Crippen LogP contribution in [0.1, 0.15) is 26.7 Å². The van der Waals surface area contributed by atoms with E-state index in [4.69, 9.17) is 5.73 Å². The van der Waals surface area contributed by atoms with Crippen LogP contribution in [0.25, 0.3) is 0 Å². The molecule has 0 heterocycles. The molecule has 0 aliphatic heterocycles. The number of hydrogen-bond acceptors (Lipinski definition) is 1. The van der Waals surface area contributed by atoms with E-state index in [2.05, 4.69) is 38.7 Å². The minimum absolute atomic E-state index is 0. The molecule has 1 nitrogen and oxygen atoms in total. The number of thiocarbonyl (C=S) groups is 1. The van der Waals surface area contributed by atoms with Crippen LogP contribution in [-0.2, 0) is 16.5 Å². The van der Waals surface area contributed by atoms with Gasteiger partial charge in [-0.15, -0.1) is 12.6 Å². The van der Waals surface area contributed by atoms with E-state index >= 15 is 0 Å². The molecule has 0 saturated carbocycles. The topological polar surface area (TPSA) is 26.0 Å². The first-order valence-corrected chi connectivity index (χ1v) is 3.49. The number of hydrogen-bond donors (Lipinski definition) is 2. The fourth-order valence-electron chi connectivity index (χ4n) is 0. The number of rotatable bonds is 1. The van der Waals surface area contributed by atoms with Crippen molar-refractivity contribution in [3.63, 3.8) is 0 Å². The molecule has 4 heteroatoms. The van der Waals surface area contributed by atoms with Gasteiger partial charge in [0, 0.05) is 16.5 Å². The molecular weight excluding hydrogens is 197 g/mol. The summed E-state index contributed by atoms with van der Waals surface area (Å²) in [6.07, 6.45) is 2.64. The summed E-state index contributed by atoms with van der Waals surface area (Å²) in [4.78, 5) is 0. The predicted octanol–water partition coefficient (Wildman–Crippen LogP) is 1.96. The van der Waals surface area contributed by atoms with Gasteiger partial charge in [-0.05, 0) is 0 Å². The quantitative estimate of drug-likeness (QED) is 0.393. The summed E-state index contributed by atoms with van der Waals surface area (Å²) in [5.74, 6) is 0. The predicted molar refractivity (Wildman–Crippen MR) is 46.4 cm³/mol. The van der Waals surface area contributed by atoms with E-state index in [1.165, 1.54) is 12.8 Å². The Hall–Kier alpha value is 0.734. The number of nitrogens with two attached hydrogens (primary N) is 1. The van der Waals surface area contributed by atoms with E-state index in [1.54, 1.807) is 0 Å². The third-order valence-corrected chi connectivity index (χ3v) is 0.500. The number of thiol groups is 1. The van der Waals surface area contributed by atoms with Gasteiger partial charge in [0.2, 0.25) is 0 Å². The van der Waals surface area contributed by atoms with Crippen molar-refractivity contribution in [3.8, 4) is 0 Å². The molecule has 0 saturated heterocycles. The molecule has 0 radical (unpaired) electrons. The Balaban J connectivity index is -0.0000000720. The van der Waals surface area contributed by atoms with E-state index < -0.39 is 0 Å². The Labute approximate surface area is 78.1 Å². The molecule has 0 bridgehead atoms. The largest absolute Gasteiger partial charge is 0.385 e. The third-order valence-electron chi connectivity index (χ3n) is 0.500. The average Bonchev–Trinajstić information content (AvgIpc) is 1.65. The Morgan fingerprint density at radius 1 is 1.44 bits per heavy atom. The van der Waals surface area contributed by atoms with Gasteiger partial charge < -0.3 is 5.73 Å². The molecule has 0 aromatic rings. The zero-order chi connectivity index (χ0) is 6.99. The van der Waals surface area contributed by atoms with Crippen molar-refractivity contribution in [1.29, 1.82) is 0 Å². The first-order valence-electron chi connectivity index (χ1n) is 2.63.